The number of halogens is 2. The van der Waals surface area contributed by atoms with Crippen LogP contribution in [0, 0.1) is 0 Å². The number of rotatable bonds is 8. The van der Waals surface area contributed by atoms with Gasteiger partial charge in [-0.1, -0.05) is 23.2 Å². The van der Waals surface area contributed by atoms with Gasteiger partial charge in [-0.3, -0.25) is 9.59 Å². The normalized spacial score (nSPS) is 13.3. The van der Waals surface area contributed by atoms with Gasteiger partial charge in [0.1, 0.15) is 6.04 Å². The van der Waals surface area contributed by atoms with Crippen LogP contribution in [0.2, 0.25) is 10.0 Å². The Morgan fingerprint density at radius 1 is 1.30 bits per heavy atom. The second kappa shape index (κ2) is 10.0. The number of carbonyl (C=O) groups is 2. The molecule has 8 heteroatoms. The van der Waals surface area contributed by atoms with Crippen LogP contribution in [0.15, 0.2) is 18.2 Å². The topological polar surface area (TPSA) is 78.4 Å². The van der Waals surface area contributed by atoms with E-state index in [0.29, 0.717) is 17.2 Å². The van der Waals surface area contributed by atoms with Gasteiger partial charge in [0, 0.05) is 11.1 Å². The highest BCUT2D eigenvalue weighted by Crippen LogP contribution is 2.21. The van der Waals surface area contributed by atoms with Crippen LogP contribution in [-0.4, -0.2) is 47.6 Å². The predicted molar refractivity (Wildman–Crippen MR) is 95.4 cm³/mol. The fourth-order valence-electron chi connectivity index (χ4n) is 1.80. The Morgan fingerprint density at radius 2 is 2.00 bits per heavy atom. The summed E-state index contributed by atoms with van der Waals surface area (Å²) in [5.74, 6) is -0.0659. The maximum Gasteiger partial charge on any atom is 0.253 e. The van der Waals surface area contributed by atoms with Crippen LogP contribution in [0.25, 0.3) is 0 Å². The van der Waals surface area contributed by atoms with Crippen LogP contribution in [0.5, 0.6) is 0 Å². The summed E-state index contributed by atoms with van der Waals surface area (Å²) in [4.78, 5) is 24.6. The van der Waals surface area contributed by atoms with Gasteiger partial charge in [-0.15, -0.1) is 0 Å². The van der Waals surface area contributed by atoms with Gasteiger partial charge in [0.15, 0.2) is 0 Å². The van der Waals surface area contributed by atoms with Crippen LogP contribution in [0.1, 0.15) is 23.7 Å². The molecule has 0 aliphatic heterocycles. The Bertz CT molecular complexity index is 558. The zero-order valence-corrected chi connectivity index (χ0v) is 15.3. The molecule has 0 saturated heterocycles. The highest BCUT2D eigenvalue weighted by molar-refractivity contribution is 7.98. The summed E-state index contributed by atoms with van der Waals surface area (Å²) in [6.07, 6.45) is 2.39. The number of hydrogen-bond donors (Lipinski definition) is 3. The molecule has 0 spiro atoms. The number of nitrogens with one attached hydrogen (secondary N) is 2. The van der Waals surface area contributed by atoms with Gasteiger partial charge >= 0.3 is 0 Å². The van der Waals surface area contributed by atoms with E-state index in [1.165, 1.54) is 12.1 Å². The SMILES string of the molecule is CSCCC(NC(=O)c1ccc(Cl)cc1Cl)C(=O)NC(C)CO. The molecule has 0 aliphatic rings. The van der Waals surface area contributed by atoms with Crippen molar-refractivity contribution < 1.29 is 14.7 Å². The van der Waals surface area contributed by atoms with Gasteiger partial charge in [0.2, 0.25) is 5.91 Å². The molecule has 0 bridgehead atoms. The van der Waals surface area contributed by atoms with E-state index in [-0.39, 0.29) is 29.1 Å². The molecule has 3 N–H and O–H groups in total. The van der Waals surface area contributed by atoms with E-state index in [1.54, 1.807) is 24.8 Å². The summed E-state index contributed by atoms with van der Waals surface area (Å²) in [7, 11) is 0. The summed E-state index contributed by atoms with van der Waals surface area (Å²) < 4.78 is 0. The monoisotopic (exact) mass is 378 g/mol. The van der Waals surface area contributed by atoms with Crippen LogP contribution >= 0.6 is 35.0 Å². The molecule has 0 radical (unpaired) electrons. The third kappa shape index (κ3) is 6.59. The first-order valence-electron chi connectivity index (χ1n) is 7.05. The van der Waals surface area contributed by atoms with E-state index in [1.807, 2.05) is 6.26 Å². The molecule has 1 rings (SSSR count). The van der Waals surface area contributed by atoms with Gasteiger partial charge in [-0.25, -0.2) is 0 Å². The molecule has 2 atom stereocenters. The lowest BCUT2D eigenvalue weighted by atomic mass is 10.1. The summed E-state index contributed by atoms with van der Waals surface area (Å²) >= 11 is 13.4. The number of aliphatic hydroxyl groups excluding tert-OH is 1. The maximum absolute atomic E-state index is 12.3. The summed E-state index contributed by atoms with van der Waals surface area (Å²) in [5, 5.41) is 15.0. The molecule has 2 unspecified atom stereocenters. The first-order valence-corrected chi connectivity index (χ1v) is 9.20. The zero-order valence-electron chi connectivity index (χ0n) is 12.9. The number of amides is 2. The average Bonchev–Trinajstić information content (AvgIpc) is 2.50. The van der Waals surface area contributed by atoms with Gasteiger partial charge < -0.3 is 15.7 Å². The van der Waals surface area contributed by atoms with Gasteiger partial charge in [-0.05, 0) is 43.6 Å². The molecule has 23 heavy (non-hydrogen) atoms. The molecular formula is C15H20Cl2N2O3S. The molecule has 1 aromatic carbocycles. The smallest absolute Gasteiger partial charge is 0.253 e. The summed E-state index contributed by atoms with van der Waals surface area (Å²) in [6, 6.07) is 3.47. The lowest BCUT2D eigenvalue weighted by molar-refractivity contribution is -0.123. The second-order valence-electron chi connectivity index (χ2n) is 5.02. The van der Waals surface area contributed by atoms with Gasteiger partial charge in [-0.2, -0.15) is 11.8 Å². The Balaban J connectivity index is 2.82. The highest BCUT2D eigenvalue weighted by atomic mass is 35.5. The Morgan fingerprint density at radius 3 is 2.57 bits per heavy atom. The molecule has 0 aliphatic carbocycles. The first-order chi connectivity index (χ1) is 10.9. The summed E-state index contributed by atoms with van der Waals surface area (Å²) in [6.45, 7) is 1.51. The van der Waals surface area contributed by atoms with Crippen molar-refractivity contribution in [2.75, 3.05) is 18.6 Å². The molecule has 2 amide bonds. The van der Waals surface area contributed by atoms with Gasteiger partial charge in [0.25, 0.3) is 5.91 Å². The van der Waals surface area contributed by atoms with E-state index in [0.717, 1.165) is 0 Å². The molecule has 0 saturated carbocycles. The number of aliphatic hydroxyl groups is 1. The summed E-state index contributed by atoms with van der Waals surface area (Å²) in [5.41, 5.74) is 0.258. The number of thioether (sulfide) groups is 1. The van der Waals surface area contributed by atoms with E-state index in [9.17, 15) is 9.59 Å². The number of hydrogen-bond acceptors (Lipinski definition) is 4. The molecule has 0 aromatic heterocycles. The lowest BCUT2D eigenvalue weighted by Crippen LogP contribution is -2.50. The molecular weight excluding hydrogens is 359 g/mol. The van der Waals surface area contributed by atoms with E-state index < -0.39 is 11.9 Å². The highest BCUT2D eigenvalue weighted by Gasteiger charge is 2.23. The van der Waals surface area contributed by atoms with Crippen molar-refractivity contribution in [3.63, 3.8) is 0 Å². The average molecular weight is 379 g/mol. The lowest BCUT2D eigenvalue weighted by Gasteiger charge is -2.20. The third-order valence-corrected chi connectivity index (χ3v) is 4.26. The Kier molecular flexibility index (Phi) is 8.76. The Labute approximate surface area is 150 Å². The predicted octanol–water partition coefficient (Wildman–Crippen LogP) is 2.34. The fraction of sp³-hybridized carbons (Fsp3) is 0.467. The van der Waals surface area contributed by atoms with Crippen molar-refractivity contribution in [1.29, 1.82) is 0 Å². The van der Waals surface area contributed by atoms with E-state index in [2.05, 4.69) is 10.6 Å². The molecule has 5 nitrogen and oxygen atoms in total. The van der Waals surface area contributed by atoms with Gasteiger partial charge in [0.05, 0.1) is 17.2 Å². The fourth-order valence-corrected chi connectivity index (χ4v) is 2.77. The minimum Gasteiger partial charge on any atom is -0.394 e. The van der Waals surface area contributed by atoms with Crippen molar-refractivity contribution in [3.05, 3.63) is 33.8 Å². The zero-order chi connectivity index (χ0) is 17.4. The number of carbonyl (C=O) groups excluding carboxylic acids is 2. The largest absolute Gasteiger partial charge is 0.394 e. The van der Waals surface area contributed by atoms with E-state index >= 15 is 0 Å². The molecule has 128 valence electrons. The van der Waals surface area contributed by atoms with Crippen molar-refractivity contribution >= 4 is 46.8 Å². The first kappa shape index (κ1) is 20.1. The maximum atomic E-state index is 12.3. The van der Waals surface area contributed by atoms with Crippen LogP contribution in [-0.2, 0) is 4.79 Å². The van der Waals surface area contributed by atoms with Crippen molar-refractivity contribution in [2.45, 2.75) is 25.4 Å². The Hall–Kier alpha value is -0.950. The van der Waals surface area contributed by atoms with Crippen LogP contribution < -0.4 is 10.6 Å². The molecule has 0 fully saturated rings. The van der Waals surface area contributed by atoms with Crippen LogP contribution in [0.4, 0.5) is 0 Å². The van der Waals surface area contributed by atoms with Crippen LogP contribution in [0.3, 0.4) is 0 Å². The van der Waals surface area contributed by atoms with Crippen molar-refractivity contribution in [3.8, 4) is 0 Å². The van der Waals surface area contributed by atoms with Crippen molar-refractivity contribution in [2.24, 2.45) is 0 Å². The molecule has 0 heterocycles. The van der Waals surface area contributed by atoms with Crippen molar-refractivity contribution in [1.82, 2.24) is 10.6 Å². The van der Waals surface area contributed by atoms with E-state index in [4.69, 9.17) is 28.3 Å². The molecule has 1 aromatic rings. The minimum absolute atomic E-state index is 0.169. The number of benzene rings is 1. The standard InChI is InChI=1S/C15H20Cl2N2O3S/c1-9(8-20)18-15(22)13(5-6-23-2)19-14(21)11-4-3-10(16)7-12(11)17/h3-4,7,9,13,20H,5-6,8H2,1-2H3,(H,18,22)(H,19,21). The second-order valence-corrected chi connectivity index (χ2v) is 6.85. The minimum atomic E-state index is -0.698. The third-order valence-electron chi connectivity index (χ3n) is 3.07. The quantitative estimate of drug-likeness (QED) is 0.648.